The highest BCUT2D eigenvalue weighted by Crippen LogP contribution is 2.47. The standard InChI is InChI=1S/C29H24FNO5/c1-16-24(29(33)35-3)25(26-27(31-16)20-6-4-5-7-21(20)28(26)32)18-10-13-22(23(14-18)34-2)36-15-17-8-11-19(30)12-9-17/h4-14,25,31H,15H2,1-3H3/t25-/m1/s1. The summed E-state index contributed by atoms with van der Waals surface area (Å²) in [7, 11) is 2.84. The van der Waals surface area contributed by atoms with Gasteiger partial charge < -0.3 is 19.5 Å². The van der Waals surface area contributed by atoms with Crippen molar-refractivity contribution < 1.29 is 28.2 Å². The molecule has 1 aliphatic heterocycles. The van der Waals surface area contributed by atoms with Crippen molar-refractivity contribution in [3.05, 3.63) is 112 Å². The van der Waals surface area contributed by atoms with Crippen molar-refractivity contribution in [2.75, 3.05) is 14.2 Å². The zero-order valence-electron chi connectivity index (χ0n) is 20.1. The SMILES string of the molecule is COC(=O)C1=C(C)NC2=C(C(=O)c3ccccc32)[C@@H]1c1ccc(OCc2ccc(F)cc2)c(OC)c1. The van der Waals surface area contributed by atoms with Gasteiger partial charge in [0.2, 0.25) is 0 Å². The van der Waals surface area contributed by atoms with Crippen molar-refractivity contribution in [2.45, 2.75) is 19.4 Å². The molecule has 0 spiro atoms. The monoisotopic (exact) mass is 485 g/mol. The molecular formula is C29H24FNO5. The molecule has 1 N–H and O–H groups in total. The molecule has 3 aromatic rings. The summed E-state index contributed by atoms with van der Waals surface area (Å²) in [5, 5.41) is 3.27. The lowest BCUT2D eigenvalue weighted by atomic mass is 9.79. The largest absolute Gasteiger partial charge is 0.493 e. The molecule has 0 fully saturated rings. The van der Waals surface area contributed by atoms with Crippen LogP contribution >= 0.6 is 0 Å². The molecule has 0 unspecified atom stereocenters. The number of methoxy groups -OCH3 is 2. The maximum atomic E-state index is 13.5. The van der Waals surface area contributed by atoms with Crippen LogP contribution in [-0.4, -0.2) is 26.0 Å². The number of hydrogen-bond donors (Lipinski definition) is 1. The van der Waals surface area contributed by atoms with Crippen LogP contribution in [0.2, 0.25) is 0 Å². The lowest BCUT2D eigenvalue weighted by molar-refractivity contribution is -0.136. The highest BCUT2D eigenvalue weighted by atomic mass is 19.1. The number of dihydropyridines is 1. The zero-order chi connectivity index (χ0) is 25.4. The molecule has 1 aliphatic carbocycles. The molecule has 0 saturated heterocycles. The first-order chi connectivity index (χ1) is 17.4. The van der Waals surface area contributed by atoms with Crippen molar-refractivity contribution in [3.8, 4) is 11.5 Å². The smallest absolute Gasteiger partial charge is 0.336 e. The molecular weight excluding hydrogens is 461 g/mol. The number of nitrogens with one attached hydrogen (secondary N) is 1. The Morgan fingerprint density at radius 1 is 0.972 bits per heavy atom. The second kappa shape index (κ2) is 9.34. The minimum atomic E-state index is -0.659. The summed E-state index contributed by atoms with van der Waals surface area (Å²) >= 11 is 0. The minimum absolute atomic E-state index is 0.136. The molecule has 6 nitrogen and oxygen atoms in total. The van der Waals surface area contributed by atoms with Gasteiger partial charge in [0.05, 0.1) is 25.5 Å². The number of fused-ring (bicyclic) bond motifs is 2. The summed E-state index contributed by atoms with van der Waals surface area (Å²) in [6.07, 6.45) is 0. The van der Waals surface area contributed by atoms with Crippen molar-refractivity contribution >= 4 is 17.4 Å². The van der Waals surface area contributed by atoms with Crippen LogP contribution in [0.4, 0.5) is 4.39 Å². The Hall–Kier alpha value is -4.39. The number of carbonyl (C=O) groups excluding carboxylic acids is 2. The summed E-state index contributed by atoms with van der Waals surface area (Å²) < 4.78 is 29.8. The highest BCUT2D eigenvalue weighted by molar-refractivity contribution is 6.23. The van der Waals surface area contributed by atoms with Crippen LogP contribution < -0.4 is 14.8 Å². The minimum Gasteiger partial charge on any atom is -0.493 e. The number of halogens is 1. The molecule has 36 heavy (non-hydrogen) atoms. The van der Waals surface area contributed by atoms with Crippen molar-refractivity contribution in [2.24, 2.45) is 0 Å². The average Bonchev–Trinajstić information content (AvgIpc) is 3.18. The van der Waals surface area contributed by atoms with E-state index in [0.29, 0.717) is 45.2 Å². The molecule has 182 valence electrons. The summed E-state index contributed by atoms with van der Waals surface area (Å²) in [4.78, 5) is 26.4. The first kappa shape index (κ1) is 23.4. The number of Topliss-reactive ketones (excluding diaryl/α,β-unsaturated/α-hetero) is 1. The molecule has 1 atom stereocenters. The van der Waals surface area contributed by atoms with Gasteiger partial charge in [-0.25, -0.2) is 9.18 Å². The van der Waals surface area contributed by atoms with Gasteiger partial charge in [-0.1, -0.05) is 42.5 Å². The number of carbonyl (C=O) groups is 2. The molecule has 1 heterocycles. The molecule has 3 aromatic carbocycles. The fourth-order valence-electron chi connectivity index (χ4n) is 4.77. The van der Waals surface area contributed by atoms with Crippen LogP contribution in [0.15, 0.2) is 83.6 Å². The Balaban J connectivity index is 1.56. The fourth-order valence-corrected chi connectivity index (χ4v) is 4.77. The predicted octanol–water partition coefficient (Wildman–Crippen LogP) is 5.15. The van der Waals surface area contributed by atoms with E-state index in [1.54, 1.807) is 37.3 Å². The van der Waals surface area contributed by atoms with Gasteiger partial charge >= 0.3 is 5.97 Å². The van der Waals surface area contributed by atoms with Gasteiger partial charge in [0, 0.05) is 28.3 Å². The first-order valence-electron chi connectivity index (χ1n) is 11.4. The van der Waals surface area contributed by atoms with Crippen LogP contribution in [-0.2, 0) is 16.1 Å². The van der Waals surface area contributed by atoms with Crippen LogP contribution in [0, 0.1) is 5.82 Å². The third kappa shape index (κ3) is 3.92. The van der Waals surface area contributed by atoms with Gasteiger partial charge in [-0.15, -0.1) is 0 Å². The van der Waals surface area contributed by atoms with Crippen molar-refractivity contribution in [1.29, 1.82) is 0 Å². The zero-order valence-corrected chi connectivity index (χ0v) is 20.1. The summed E-state index contributed by atoms with van der Waals surface area (Å²) in [5.41, 5.74) is 5.05. The Morgan fingerprint density at radius 2 is 1.69 bits per heavy atom. The van der Waals surface area contributed by atoms with Gasteiger partial charge in [-0.2, -0.15) is 0 Å². The number of benzene rings is 3. The predicted molar refractivity (Wildman–Crippen MR) is 132 cm³/mol. The molecule has 0 amide bonds. The molecule has 2 aliphatic rings. The van der Waals surface area contributed by atoms with Gasteiger partial charge in [0.25, 0.3) is 0 Å². The van der Waals surface area contributed by atoms with E-state index in [9.17, 15) is 14.0 Å². The second-order valence-corrected chi connectivity index (χ2v) is 8.58. The topological polar surface area (TPSA) is 73.9 Å². The molecule has 0 saturated carbocycles. The normalized spacial score (nSPS) is 16.3. The first-order valence-corrected chi connectivity index (χ1v) is 11.4. The number of allylic oxidation sites excluding steroid dienone is 2. The summed E-state index contributed by atoms with van der Waals surface area (Å²) in [6, 6.07) is 18.8. The Labute approximate surface area is 208 Å². The number of ketones is 1. The second-order valence-electron chi connectivity index (χ2n) is 8.58. The van der Waals surface area contributed by atoms with E-state index in [1.165, 1.54) is 26.4 Å². The van der Waals surface area contributed by atoms with Crippen molar-refractivity contribution in [1.82, 2.24) is 5.32 Å². The molecule has 7 heteroatoms. The molecule has 0 bridgehead atoms. The van der Waals surface area contributed by atoms with Gasteiger partial charge in [-0.05, 0) is 42.3 Å². The number of hydrogen-bond acceptors (Lipinski definition) is 6. The molecule has 0 aromatic heterocycles. The van der Waals surface area contributed by atoms with Crippen LogP contribution in [0.1, 0.15) is 39.9 Å². The third-order valence-electron chi connectivity index (χ3n) is 6.48. The van der Waals surface area contributed by atoms with E-state index in [2.05, 4.69) is 5.32 Å². The summed E-state index contributed by atoms with van der Waals surface area (Å²) in [5.74, 6) is -0.702. The van der Waals surface area contributed by atoms with E-state index in [1.807, 2.05) is 24.3 Å². The van der Waals surface area contributed by atoms with Crippen molar-refractivity contribution in [3.63, 3.8) is 0 Å². The van der Waals surface area contributed by atoms with Gasteiger partial charge in [0.15, 0.2) is 17.3 Å². The van der Waals surface area contributed by atoms with E-state index in [4.69, 9.17) is 14.2 Å². The van der Waals surface area contributed by atoms with Crippen LogP contribution in [0.5, 0.6) is 11.5 Å². The fraction of sp³-hybridized carbons (Fsp3) is 0.172. The Morgan fingerprint density at radius 3 is 2.39 bits per heavy atom. The summed E-state index contributed by atoms with van der Waals surface area (Å²) in [6.45, 7) is 2.02. The average molecular weight is 486 g/mol. The number of esters is 1. The van der Waals surface area contributed by atoms with E-state index in [-0.39, 0.29) is 18.2 Å². The Kier molecular flexibility index (Phi) is 6.06. The Bertz CT molecular complexity index is 1440. The van der Waals surface area contributed by atoms with E-state index >= 15 is 0 Å². The lowest BCUT2D eigenvalue weighted by Crippen LogP contribution is -2.29. The van der Waals surface area contributed by atoms with Gasteiger partial charge in [0.1, 0.15) is 12.4 Å². The van der Waals surface area contributed by atoms with Gasteiger partial charge in [-0.3, -0.25) is 4.79 Å². The van der Waals surface area contributed by atoms with Crippen LogP contribution in [0.25, 0.3) is 5.70 Å². The highest BCUT2D eigenvalue weighted by Gasteiger charge is 2.43. The maximum Gasteiger partial charge on any atom is 0.336 e. The third-order valence-corrected chi connectivity index (χ3v) is 6.48. The quantitative estimate of drug-likeness (QED) is 0.487. The number of rotatable bonds is 6. The molecule has 0 radical (unpaired) electrons. The number of ether oxygens (including phenoxy) is 3. The van der Waals surface area contributed by atoms with E-state index in [0.717, 1.165) is 11.1 Å². The molecule has 5 rings (SSSR count). The van der Waals surface area contributed by atoms with Crippen LogP contribution in [0.3, 0.4) is 0 Å². The maximum absolute atomic E-state index is 13.5. The van der Waals surface area contributed by atoms with E-state index < -0.39 is 11.9 Å². The lowest BCUT2D eigenvalue weighted by Gasteiger charge is -2.29.